The standard InChI is InChI=1S/2C30H39F3N2O2.C20H29F3O3.C10H12N2.C9H7NO.CH4.B.N2.H3N.Na.H/c2*1-18(20-6-4-19(17-34)5-7-20)35(3)27(36)26-11-10-25-24-9-8-21-16-29(37,30(31,32)33)15-13-22(21)23(24)12-14-28(25,26)2;1-18-8-6-13-12-7-9-19(26,20(21,22)23)10-11(12)2-3-14(13)15(18)4-5-16(18)17(24)25;1-8(12-2)10-5-3-9(7-11)4-6-10;1-7(11)9-4-2-8(6-10)3-5-9;;;1-2;;;/h2*4-7,18,21-26,37H,8-16H2,1-3H3;11-16,26H,2-10H2,1H3,(H,24,25);3-6,8,12H,1-2H3;2-5H,1H3;1H4;;;1H3;;/q;;;;;;;;;+1;-1/t18-,21+,22-,23+,24+,25-,26+,28-,29+;18-,21-,22+,23-,24-,25+,26-,28+,29-;11-,12+,13-,14-,15+,16-,18+,19-;;;;;;;;/m011......../s1. The van der Waals surface area contributed by atoms with Crippen LogP contribution in [0.4, 0.5) is 39.5 Å². The average Bonchev–Trinajstić information content (AvgIpc) is 1.50. The van der Waals surface area contributed by atoms with Crippen LogP contribution < -0.4 is 41.0 Å². The Labute approximate surface area is 782 Å². The van der Waals surface area contributed by atoms with Gasteiger partial charge in [-0.2, -0.15) is 60.6 Å². The number of ketones is 1. The Kier molecular flexibility index (Phi) is 36.4. The Balaban J connectivity index is 0.000000263. The number of carbonyl (C=O) groups is 4. The Morgan fingerprint density at radius 1 is 0.419 bits per heavy atom. The van der Waals surface area contributed by atoms with Crippen LogP contribution in [0.1, 0.15) is 298 Å². The van der Waals surface area contributed by atoms with Crippen molar-refractivity contribution < 1.29 is 110 Å². The van der Waals surface area contributed by atoms with Gasteiger partial charge in [-0.1, -0.05) is 76.7 Å². The van der Waals surface area contributed by atoms with E-state index in [-0.39, 0.29) is 191 Å². The molecule has 12 aliphatic rings. The van der Waals surface area contributed by atoms with Crippen LogP contribution >= 0.6 is 0 Å². The van der Waals surface area contributed by atoms with E-state index >= 15 is 0 Å². The van der Waals surface area contributed by atoms with Gasteiger partial charge in [-0.15, -0.1) is 0 Å². The van der Waals surface area contributed by atoms with Gasteiger partial charge in [-0.05, 0) is 378 Å². The molecule has 0 heterocycles. The number of halogens is 9. The summed E-state index contributed by atoms with van der Waals surface area (Å²) in [5.41, 5.74) is -1.51. The minimum atomic E-state index is -4.56. The molecule has 12 fully saturated rings. The maximum absolute atomic E-state index is 13.8. The molecule has 27 atom stereocenters. The van der Waals surface area contributed by atoms with Gasteiger partial charge in [0.15, 0.2) is 22.6 Å². The zero-order valence-corrected chi connectivity index (χ0v) is 78.1. The van der Waals surface area contributed by atoms with Gasteiger partial charge in [-0.25, -0.2) is 0 Å². The number of carboxylic acid groups (broad SMARTS) is 1. The smallest absolute Gasteiger partial charge is 1.00 e. The molecule has 3 radical (unpaired) electrons. The van der Waals surface area contributed by atoms with Crippen molar-refractivity contribution in [2.24, 2.45) is 123 Å². The number of aliphatic carboxylic acids is 1. The number of alkyl halides is 9. The van der Waals surface area contributed by atoms with E-state index < -0.39 is 41.3 Å². The summed E-state index contributed by atoms with van der Waals surface area (Å²) in [6.07, 6.45) is 2.81. The van der Waals surface area contributed by atoms with Gasteiger partial charge in [0.1, 0.15) is 0 Å². The average molecular weight is 1810 g/mol. The van der Waals surface area contributed by atoms with Crippen molar-refractivity contribution in [2.45, 2.75) is 283 Å². The van der Waals surface area contributed by atoms with Crippen molar-refractivity contribution in [1.82, 2.24) is 21.3 Å². The number of nitriles is 4. The van der Waals surface area contributed by atoms with Crippen LogP contribution in [0.5, 0.6) is 0 Å². The van der Waals surface area contributed by atoms with E-state index in [0.29, 0.717) is 106 Å². The Morgan fingerprint density at radius 2 is 0.674 bits per heavy atom. The number of Topliss-reactive ketones (excluding diaryl/α,β-unsaturated/α-hetero) is 1. The molecule has 0 aromatic heterocycles. The van der Waals surface area contributed by atoms with Gasteiger partial charge in [0.2, 0.25) is 11.8 Å². The number of nitrogens with zero attached hydrogens (tertiary/aromatic N) is 8. The largest absolute Gasteiger partial charge is 1.00 e. The molecule has 4 aromatic carbocycles. The van der Waals surface area contributed by atoms with E-state index in [9.17, 15) is 79.1 Å². The van der Waals surface area contributed by atoms with Crippen LogP contribution in [0.15, 0.2) is 97.1 Å². The van der Waals surface area contributed by atoms with Gasteiger partial charge in [0.05, 0.1) is 64.5 Å². The topological polar surface area (TPSA) is 345 Å². The second-order valence-electron chi connectivity index (χ2n) is 40.2. The van der Waals surface area contributed by atoms with E-state index in [1.807, 2.05) is 99.4 Å². The second kappa shape index (κ2) is 43.3. The first-order valence-corrected chi connectivity index (χ1v) is 45.4. The molecule has 1 unspecified atom stereocenters. The van der Waals surface area contributed by atoms with Crippen LogP contribution in [0, 0.1) is 179 Å². The van der Waals surface area contributed by atoms with E-state index in [1.165, 1.54) is 12.5 Å². The summed E-state index contributed by atoms with van der Waals surface area (Å²) < 4.78 is 121. The molecule has 16 rings (SSSR count). The summed E-state index contributed by atoms with van der Waals surface area (Å²) in [6.45, 7) is 14.4. The zero-order chi connectivity index (χ0) is 91.6. The van der Waals surface area contributed by atoms with Crippen molar-refractivity contribution in [3.63, 3.8) is 0 Å². The molecule has 12 saturated carbocycles. The second-order valence-corrected chi connectivity index (χ2v) is 40.2. The van der Waals surface area contributed by atoms with Gasteiger partial charge in [0, 0.05) is 56.7 Å². The minimum absolute atomic E-state index is 0. The molecule has 8 N–H and O–H groups in total. The Bertz CT molecular complexity index is 4500. The number of hydrogen-bond acceptors (Lipinski definition) is 15. The number of benzene rings is 4. The fourth-order valence-corrected chi connectivity index (χ4v) is 27.4. The predicted molar refractivity (Wildman–Crippen MR) is 469 cm³/mol. The number of aliphatic hydroxyl groups is 3. The summed E-state index contributed by atoms with van der Waals surface area (Å²) >= 11 is 0. The van der Waals surface area contributed by atoms with E-state index in [4.69, 9.17) is 31.8 Å². The molecule has 12 aliphatic carbocycles. The monoisotopic (exact) mass is 1810 g/mol. The van der Waals surface area contributed by atoms with Gasteiger partial charge in [-0.3, -0.25) is 19.2 Å². The number of nitrogens with one attached hydrogen (secondary N) is 1. The number of amides is 2. The summed E-state index contributed by atoms with van der Waals surface area (Å²) in [5.74, 6) is 3.90. The molecular weight excluding hydrogens is 1670 g/mol. The molecule has 0 bridgehead atoms. The first-order valence-electron chi connectivity index (χ1n) is 45.4. The fourth-order valence-electron chi connectivity index (χ4n) is 27.4. The third-order valence-corrected chi connectivity index (χ3v) is 34.8. The van der Waals surface area contributed by atoms with Crippen molar-refractivity contribution in [3.05, 3.63) is 142 Å². The minimum Gasteiger partial charge on any atom is -1.00 e. The molecule has 699 valence electrons. The first-order chi connectivity index (χ1) is 58.9. The summed E-state index contributed by atoms with van der Waals surface area (Å²) in [4.78, 5) is 53.8. The number of rotatable bonds is 10. The van der Waals surface area contributed by atoms with Crippen LogP contribution in [0.25, 0.3) is 0 Å². The molecule has 0 aliphatic heterocycles. The SMILES string of the molecule is C.CC(=O)c1ccc(C#N)cc1.CNC(C)c1ccc(C#N)cc1.C[C@@H](c1ccc(C#N)cc1)N(C)C(=O)[C@H]1CC[C@H]2[C@@H]3CC[C@@H]4C[C@@](O)(C(F)(F)F)CC[C@@H]4[C@H]3CC[C@]12C.C[C@H](c1ccc(C#N)cc1)N(C)C(=O)[C@H]1CC[C@H]2[C@@H]3CC[C@@H]4C[C@@](O)(C(F)(F)F)CC[C@@H]4[C@H]3CC[C@]12C.C[C@]12CC[C@H]3[C@@H](CC[C@@H]4C[C@@](O)(C(F)(F)F)CC[C@@H]43)[C@@H]1CC[C@@H]2C(=O)O.N.N#N.[B].[H-].[Na+]. The van der Waals surface area contributed by atoms with Crippen LogP contribution in [-0.2, 0) is 14.4 Å². The molecule has 18 nitrogen and oxygen atoms in total. The Morgan fingerprint density at radius 3 is 0.930 bits per heavy atom. The predicted octanol–water partition coefficient (Wildman–Crippen LogP) is 19.1. The molecule has 4 aromatic rings. The first kappa shape index (κ1) is 109. The maximum Gasteiger partial charge on any atom is 1.00 e. The van der Waals surface area contributed by atoms with Crippen LogP contribution in [0.3, 0.4) is 0 Å². The van der Waals surface area contributed by atoms with E-state index in [2.05, 4.69) is 51.2 Å². The van der Waals surface area contributed by atoms with Gasteiger partial charge < -0.3 is 43.1 Å². The third kappa shape index (κ3) is 21.8. The molecular formula is C100H134BF9N10NaO8. The Hall–Kier alpha value is -7.43. The summed E-state index contributed by atoms with van der Waals surface area (Å²) in [7, 11) is 5.67. The fraction of sp³-hybridized carbons (Fsp3) is 0.680. The molecule has 2 amide bonds. The van der Waals surface area contributed by atoms with Crippen molar-refractivity contribution in [3.8, 4) is 24.3 Å². The third-order valence-electron chi connectivity index (χ3n) is 34.8. The van der Waals surface area contributed by atoms with E-state index in [1.54, 1.807) is 48.5 Å². The molecule has 29 heteroatoms. The number of carboxylic acids is 1. The summed E-state index contributed by atoms with van der Waals surface area (Å²) in [5, 5.41) is 90.7. The van der Waals surface area contributed by atoms with Crippen molar-refractivity contribution >= 4 is 32.0 Å². The van der Waals surface area contributed by atoms with Gasteiger partial charge >= 0.3 is 54.1 Å². The number of fused-ring (bicyclic) bond motifs is 15. The van der Waals surface area contributed by atoms with Crippen LogP contribution in [-0.4, -0.2) is 119 Å². The van der Waals surface area contributed by atoms with Crippen molar-refractivity contribution in [1.29, 1.82) is 31.8 Å². The van der Waals surface area contributed by atoms with E-state index in [0.717, 1.165) is 127 Å². The van der Waals surface area contributed by atoms with Crippen LogP contribution in [0.2, 0.25) is 0 Å². The molecule has 0 saturated heterocycles. The summed E-state index contributed by atoms with van der Waals surface area (Å²) in [6, 6.07) is 37.5. The van der Waals surface area contributed by atoms with Crippen molar-refractivity contribution in [2.75, 3.05) is 21.1 Å². The molecule has 129 heavy (non-hydrogen) atoms. The van der Waals surface area contributed by atoms with Gasteiger partial charge in [0.25, 0.3) is 0 Å². The molecule has 0 spiro atoms. The maximum atomic E-state index is 13.8. The zero-order valence-electron chi connectivity index (χ0n) is 77.1. The normalized spacial score (nSPS) is 35.2. The number of carbonyl (C=O) groups excluding carboxylic acids is 3. The number of hydrogen-bond donors (Lipinski definition) is 6. The quantitative estimate of drug-likeness (QED) is 0.0372.